The Morgan fingerprint density at radius 3 is 2.33 bits per heavy atom. The summed E-state index contributed by atoms with van der Waals surface area (Å²) in [6.07, 6.45) is 3.25. The number of carbonyl (C=O) groups excluding carboxylic acids is 1. The van der Waals surface area contributed by atoms with E-state index in [9.17, 15) is 4.79 Å². The van der Waals surface area contributed by atoms with Gasteiger partial charge in [0, 0.05) is 23.7 Å². The van der Waals surface area contributed by atoms with Gasteiger partial charge in [-0.15, -0.1) is 0 Å². The summed E-state index contributed by atoms with van der Waals surface area (Å²) in [6, 6.07) is 5.23. The van der Waals surface area contributed by atoms with Crippen molar-refractivity contribution >= 4 is 5.91 Å². The maximum atomic E-state index is 12.6. The molecule has 2 rings (SSSR count). The fraction of sp³-hybridized carbons (Fsp3) is 0.389. The van der Waals surface area contributed by atoms with Gasteiger partial charge in [0.15, 0.2) is 0 Å². The van der Waals surface area contributed by atoms with E-state index in [1.807, 2.05) is 0 Å². The summed E-state index contributed by atoms with van der Waals surface area (Å²) in [5.41, 5.74) is 2.03. The van der Waals surface area contributed by atoms with Crippen LogP contribution in [0.4, 0.5) is 0 Å². The van der Waals surface area contributed by atoms with E-state index in [0.717, 1.165) is 11.3 Å². The monoisotopic (exact) mass is 329 g/mol. The molecule has 0 atom stereocenters. The molecule has 0 fully saturated rings. The first-order valence-corrected chi connectivity index (χ1v) is 7.67. The van der Waals surface area contributed by atoms with E-state index in [-0.39, 0.29) is 11.3 Å². The Morgan fingerprint density at radius 2 is 1.79 bits per heavy atom. The molecule has 1 aromatic carbocycles. The van der Waals surface area contributed by atoms with Crippen LogP contribution >= 0.6 is 0 Å². The van der Waals surface area contributed by atoms with E-state index in [1.54, 1.807) is 24.4 Å². The first kappa shape index (κ1) is 17.7. The van der Waals surface area contributed by atoms with Crippen molar-refractivity contribution in [3.05, 3.63) is 47.5 Å². The molecule has 2 aromatic rings. The van der Waals surface area contributed by atoms with E-state index in [0.29, 0.717) is 23.6 Å². The molecule has 0 saturated heterocycles. The molecule has 0 spiro atoms. The maximum Gasteiger partial charge on any atom is 0.259 e. The molecule has 1 N–H and O–H groups in total. The summed E-state index contributed by atoms with van der Waals surface area (Å²) >= 11 is 0. The number of ether oxygens (including phenoxy) is 2. The topological polar surface area (TPSA) is 73.3 Å². The lowest BCUT2D eigenvalue weighted by Gasteiger charge is -2.21. The minimum absolute atomic E-state index is 0.134. The average Bonchev–Trinajstić information content (AvgIpc) is 2.58. The molecule has 0 aliphatic heterocycles. The third kappa shape index (κ3) is 3.82. The lowest BCUT2D eigenvalue weighted by atomic mass is 9.89. The second kappa shape index (κ2) is 7.29. The van der Waals surface area contributed by atoms with Gasteiger partial charge in [-0.05, 0) is 12.1 Å². The molecule has 1 heterocycles. The van der Waals surface area contributed by atoms with Gasteiger partial charge in [-0.25, -0.2) is 9.97 Å². The number of benzene rings is 1. The molecule has 0 radical (unpaired) electrons. The van der Waals surface area contributed by atoms with Gasteiger partial charge in [0.05, 0.1) is 19.9 Å². The largest absolute Gasteiger partial charge is 0.496 e. The van der Waals surface area contributed by atoms with E-state index in [4.69, 9.17) is 9.47 Å². The Labute approximate surface area is 142 Å². The SMILES string of the molecule is COc1cccc(OC)c1C(=O)NCc1cncnc1C(C)(C)C. The van der Waals surface area contributed by atoms with Crippen LogP contribution in [0.3, 0.4) is 0 Å². The molecule has 0 aliphatic carbocycles. The van der Waals surface area contributed by atoms with Gasteiger partial charge in [-0.1, -0.05) is 26.8 Å². The van der Waals surface area contributed by atoms with Crippen molar-refractivity contribution in [2.45, 2.75) is 32.7 Å². The predicted octanol–water partition coefficient (Wildman–Crippen LogP) is 2.72. The first-order valence-electron chi connectivity index (χ1n) is 7.67. The highest BCUT2D eigenvalue weighted by molar-refractivity contribution is 5.99. The Hall–Kier alpha value is -2.63. The molecule has 6 heteroatoms. The molecule has 0 bridgehead atoms. The minimum atomic E-state index is -0.270. The van der Waals surface area contributed by atoms with E-state index >= 15 is 0 Å². The van der Waals surface area contributed by atoms with E-state index in [2.05, 4.69) is 36.1 Å². The number of nitrogens with one attached hydrogen (secondary N) is 1. The number of carbonyl (C=O) groups is 1. The number of hydrogen-bond acceptors (Lipinski definition) is 5. The standard InChI is InChI=1S/C18H23N3O3/c1-18(2,3)16-12(9-19-11-21-16)10-20-17(22)15-13(23-4)7-6-8-14(15)24-5/h6-9,11H,10H2,1-5H3,(H,20,22). The maximum absolute atomic E-state index is 12.6. The molecule has 0 saturated carbocycles. The van der Waals surface area contributed by atoms with Gasteiger partial charge in [-0.3, -0.25) is 4.79 Å². The summed E-state index contributed by atoms with van der Waals surface area (Å²) < 4.78 is 10.5. The predicted molar refractivity (Wildman–Crippen MR) is 91.4 cm³/mol. The minimum Gasteiger partial charge on any atom is -0.496 e. The molecule has 1 aromatic heterocycles. The third-order valence-corrected chi connectivity index (χ3v) is 3.59. The zero-order valence-corrected chi connectivity index (χ0v) is 14.7. The Morgan fingerprint density at radius 1 is 1.17 bits per heavy atom. The Kier molecular flexibility index (Phi) is 5.39. The number of amides is 1. The van der Waals surface area contributed by atoms with Gasteiger partial charge in [0.25, 0.3) is 5.91 Å². The van der Waals surface area contributed by atoms with Crippen molar-refractivity contribution in [2.75, 3.05) is 14.2 Å². The molecule has 6 nitrogen and oxygen atoms in total. The highest BCUT2D eigenvalue weighted by atomic mass is 16.5. The molecule has 0 aliphatic rings. The summed E-state index contributed by atoms with van der Waals surface area (Å²) in [5.74, 6) is 0.660. The number of aromatic nitrogens is 2. The number of hydrogen-bond donors (Lipinski definition) is 1. The van der Waals surface area contributed by atoms with Crippen LogP contribution in [-0.4, -0.2) is 30.1 Å². The molecule has 0 unspecified atom stereocenters. The fourth-order valence-corrected chi connectivity index (χ4v) is 2.50. The summed E-state index contributed by atoms with van der Waals surface area (Å²) in [7, 11) is 3.04. The molecule has 128 valence electrons. The molecule has 1 amide bonds. The van der Waals surface area contributed by atoms with Crippen LogP contribution in [0, 0.1) is 0 Å². The van der Waals surface area contributed by atoms with Crippen LogP contribution < -0.4 is 14.8 Å². The van der Waals surface area contributed by atoms with Crippen molar-refractivity contribution in [2.24, 2.45) is 0 Å². The van der Waals surface area contributed by atoms with Crippen LogP contribution in [0.2, 0.25) is 0 Å². The zero-order valence-electron chi connectivity index (χ0n) is 14.7. The summed E-state index contributed by atoms with van der Waals surface area (Å²) in [6.45, 7) is 6.55. The summed E-state index contributed by atoms with van der Waals surface area (Å²) in [4.78, 5) is 21.0. The summed E-state index contributed by atoms with van der Waals surface area (Å²) in [5, 5.41) is 2.90. The Bertz CT molecular complexity index is 701. The van der Waals surface area contributed by atoms with E-state index in [1.165, 1.54) is 20.5 Å². The van der Waals surface area contributed by atoms with Crippen molar-refractivity contribution in [1.29, 1.82) is 0 Å². The van der Waals surface area contributed by atoms with Crippen LogP contribution in [-0.2, 0) is 12.0 Å². The Balaban J connectivity index is 2.24. The lowest BCUT2D eigenvalue weighted by Crippen LogP contribution is -2.26. The van der Waals surface area contributed by atoms with Crippen LogP contribution in [0.15, 0.2) is 30.7 Å². The van der Waals surface area contributed by atoms with Crippen molar-refractivity contribution in [3.63, 3.8) is 0 Å². The van der Waals surface area contributed by atoms with Crippen LogP contribution in [0.25, 0.3) is 0 Å². The van der Waals surface area contributed by atoms with E-state index < -0.39 is 0 Å². The molecule has 24 heavy (non-hydrogen) atoms. The quantitative estimate of drug-likeness (QED) is 0.913. The third-order valence-electron chi connectivity index (χ3n) is 3.59. The molecular weight excluding hydrogens is 306 g/mol. The fourth-order valence-electron chi connectivity index (χ4n) is 2.50. The highest BCUT2D eigenvalue weighted by Gasteiger charge is 2.22. The van der Waals surface area contributed by atoms with Gasteiger partial charge in [-0.2, -0.15) is 0 Å². The van der Waals surface area contributed by atoms with Crippen molar-refractivity contribution < 1.29 is 14.3 Å². The van der Waals surface area contributed by atoms with Crippen molar-refractivity contribution in [1.82, 2.24) is 15.3 Å². The zero-order chi connectivity index (χ0) is 17.7. The normalized spacial score (nSPS) is 11.0. The number of methoxy groups -OCH3 is 2. The molecular formula is C18H23N3O3. The first-order chi connectivity index (χ1) is 11.4. The second-order valence-corrected chi connectivity index (χ2v) is 6.37. The number of rotatable bonds is 5. The average molecular weight is 329 g/mol. The second-order valence-electron chi connectivity index (χ2n) is 6.37. The van der Waals surface area contributed by atoms with Gasteiger partial charge in [0.2, 0.25) is 0 Å². The van der Waals surface area contributed by atoms with Crippen LogP contribution in [0.5, 0.6) is 11.5 Å². The highest BCUT2D eigenvalue weighted by Crippen LogP contribution is 2.28. The van der Waals surface area contributed by atoms with Crippen molar-refractivity contribution in [3.8, 4) is 11.5 Å². The van der Waals surface area contributed by atoms with Crippen LogP contribution in [0.1, 0.15) is 42.4 Å². The van der Waals surface area contributed by atoms with Gasteiger partial charge >= 0.3 is 0 Å². The number of nitrogens with zero attached hydrogens (tertiary/aromatic N) is 2. The smallest absolute Gasteiger partial charge is 0.259 e. The lowest BCUT2D eigenvalue weighted by molar-refractivity contribution is 0.0944. The van der Waals surface area contributed by atoms with Gasteiger partial charge < -0.3 is 14.8 Å². The van der Waals surface area contributed by atoms with Gasteiger partial charge in [0.1, 0.15) is 23.4 Å².